The summed E-state index contributed by atoms with van der Waals surface area (Å²) in [6, 6.07) is 8.33. The molecule has 4 rings (SSSR count). The zero-order valence-corrected chi connectivity index (χ0v) is 13.7. The lowest BCUT2D eigenvalue weighted by Crippen LogP contribution is -2.34. The monoisotopic (exact) mass is 310 g/mol. The van der Waals surface area contributed by atoms with E-state index in [1.807, 2.05) is 13.0 Å². The van der Waals surface area contributed by atoms with Crippen molar-refractivity contribution in [3.8, 4) is 0 Å². The Morgan fingerprint density at radius 3 is 3.04 bits per heavy atom. The quantitative estimate of drug-likeness (QED) is 0.804. The lowest BCUT2D eigenvalue weighted by molar-refractivity contribution is 0.177. The molecule has 23 heavy (non-hydrogen) atoms. The molecule has 1 N–H and O–H groups in total. The van der Waals surface area contributed by atoms with E-state index in [4.69, 9.17) is 9.51 Å². The Morgan fingerprint density at radius 2 is 2.26 bits per heavy atom. The number of aromatic nitrogens is 3. The first-order valence-corrected chi connectivity index (χ1v) is 8.29. The molecule has 0 radical (unpaired) electrons. The summed E-state index contributed by atoms with van der Waals surface area (Å²) >= 11 is 0. The molecule has 5 nitrogen and oxygen atoms in total. The van der Waals surface area contributed by atoms with Gasteiger partial charge in [-0.25, -0.2) is 4.98 Å². The van der Waals surface area contributed by atoms with Crippen LogP contribution in [0.4, 0.5) is 0 Å². The van der Waals surface area contributed by atoms with Gasteiger partial charge in [-0.15, -0.1) is 0 Å². The Labute approximate surface area is 135 Å². The molecular formula is C18H22N4O. The number of hydrogen-bond acceptors (Lipinski definition) is 4. The first-order valence-electron chi connectivity index (χ1n) is 8.29. The Balaban J connectivity index is 1.52. The number of nitrogens with zero attached hydrogens (tertiary/aromatic N) is 3. The van der Waals surface area contributed by atoms with Crippen LogP contribution in [0.1, 0.15) is 41.6 Å². The molecule has 1 aromatic carbocycles. The third kappa shape index (κ3) is 2.88. The molecule has 5 heteroatoms. The van der Waals surface area contributed by atoms with E-state index in [9.17, 15) is 0 Å². The summed E-state index contributed by atoms with van der Waals surface area (Å²) in [6.45, 7) is 7.03. The highest BCUT2D eigenvalue weighted by atomic mass is 16.5. The minimum Gasteiger partial charge on any atom is -0.360 e. The summed E-state index contributed by atoms with van der Waals surface area (Å²) in [5, 5.41) is 3.98. The number of nitrogens with one attached hydrogen (secondary N) is 1. The molecule has 1 atom stereocenters. The largest absolute Gasteiger partial charge is 0.360 e. The van der Waals surface area contributed by atoms with Gasteiger partial charge in [0.1, 0.15) is 5.82 Å². The summed E-state index contributed by atoms with van der Waals surface area (Å²) in [4.78, 5) is 10.8. The molecule has 120 valence electrons. The van der Waals surface area contributed by atoms with Crippen LogP contribution in [-0.2, 0) is 6.54 Å². The number of para-hydroxylation sites is 1. The van der Waals surface area contributed by atoms with Crippen molar-refractivity contribution >= 4 is 11.0 Å². The number of imidazole rings is 1. The molecule has 1 saturated heterocycles. The number of rotatable bonds is 3. The van der Waals surface area contributed by atoms with Gasteiger partial charge in [-0.3, -0.25) is 4.90 Å². The molecule has 2 aromatic heterocycles. The molecule has 0 amide bonds. The van der Waals surface area contributed by atoms with Crippen LogP contribution >= 0.6 is 0 Å². The van der Waals surface area contributed by atoms with Crippen LogP contribution in [-0.4, -0.2) is 33.1 Å². The zero-order valence-electron chi connectivity index (χ0n) is 13.7. The lowest BCUT2D eigenvalue weighted by atomic mass is 9.97. The Kier molecular flexibility index (Phi) is 3.65. The van der Waals surface area contributed by atoms with Gasteiger partial charge in [-0.05, 0) is 44.9 Å². The lowest BCUT2D eigenvalue weighted by Gasteiger charge is -2.30. The van der Waals surface area contributed by atoms with Crippen molar-refractivity contribution < 1.29 is 4.52 Å². The molecule has 1 aliphatic heterocycles. The SMILES string of the molecule is Cc1cc(CN2CCCC(c3nc4c(C)cccc4[nH]3)C2)on1. The first kappa shape index (κ1) is 14.5. The first-order chi connectivity index (χ1) is 11.2. The average molecular weight is 310 g/mol. The van der Waals surface area contributed by atoms with Gasteiger partial charge in [0, 0.05) is 18.5 Å². The zero-order chi connectivity index (χ0) is 15.8. The predicted molar refractivity (Wildman–Crippen MR) is 89.3 cm³/mol. The number of likely N-dealkylation sites (tertiary alicyclic amines) is 1. The number of aryl methyl sites for hydroxylation is 2. The van der Waals surface area contributed by atoms with Crippen LogP contribution < -0.4 is 0 Å². The minimum absolute atomic E-state index is 0.458. The number of fused-ring (bicyclic) bond motifs is 1. The highest BCUT2D eigenvalue weighted by Gasteiger charge is 2.24. The van der Waals surface area contributed by atoms with Gasteiger partial charge in [-0.2, -0.15) is 0 Å². The Hall–Kier alpha value is -2.14. The van der Waals surface area contributed by atoms with Crippen molar-refractivity contribution in [3.63, 3.8) is 0 Å². The maximum Gasteiger partial charge on any atom is 0.150 e. The van der Waals surface area contributed by atoms with E-state index < -0.39 is 0 Å². The standard InChI is InChI=1S/C18H22N4O/c1-12-5-3-7-16-17(12)20-18(19-16)14-6-4-8-22(10-14)11-15-9-13(2)21-23-15/h3,5,7,9,14H,4,6,8,10-11H2,1-2H3,(H,19,20). The molecular weight excluding hydrogens is 288 g/mol. The van der Waals surface area contributed by atoms with Crippen molar-refractivity contribution in [3.05, 3.63) is 47.1 Å². The fourth-order valence-electron chi connectivity index (χ4n) is 3.52. The molecule has 1 fully saturated rings. The van der Waals surface area contributed by atoms with Crippen molar-refractivity contribution in [1.82, 2.24) is 20.0 Å². The van der Waals surface area contributed by atoms with Gasteiger partial charge >= 0.3 is 0 Å². The van der Waals surface area contributed by atoms with Crippen molar-refractivity contribution in [2.75, 3.05) is 13.1 Å². The topological polar surface area (TPSA) is 58.0 Å². The predicted octanol–water partition coefficient (Wildman–Crippen LogP) is 3.55. The van der Waals surface area contributed by atoms with Crippen LogP contribution in [0, 0.1) is 13.8 Å². The van der Waals surface area contributed by atoms with E-state index >= 15 is 0 Å². The molecule has 0 saturated carbocycles. The van der Waals surface area contributed by atoms with Crippen LogP contribution in [0.15, 0.2) is 28.8 Å². The van der Waals surface area contributed by atoms with E-state index in [1.54, 1.807) is 0 Å². The van der Waals surface area contributed by atoms with E-state index in [-0.39, 0.29) is 0 Å². The van der Waals surface area contributed by atoms with Crippen LogP contribution in [0.2, 0.25) is 0 Å². The van der Waals surface area contributed by atoms with Crippen LogP contribution in [0.3, 0.4) is 0 Å². The maximum atomic E-state index is 5.36. The van der Waals surface area contributed by atoms with E-state index in [0.717, 1.165) is 47.9 Å². The Bertz CT molecular complexity index is 819. The van der Waals surface area contributed by atoms with Gasteiger partial charge in [0.05, 0.1) is 23.3 Å². The van der Waals surface area contributed by atoms with Gasteiger partial charge in [-0.1, -0.05) is 17.3 Å². The second kappa shape index (κ2) is 5.81. The third-order valence-electron chi connectivity index (χ3n) is 4.68. The second-order valence-electron chi connectivity index (χ2n) is 6.60. The van der Waals surface area contributed by atoms with Crippen LogP contribution in [0.5, 0.6) is 0 Å². The van der Waals surface area contributed by atoms with Crippen LogP contribution in [0.25, 0.3) is 11.0 Å². The third-order valence-corrected chi connectivity index (χ3v) is 4.68. The van der Waals surface area contributed by atoms with Crippen molar-refractivity contribution in [1.29, 1.82) is 0 Å². The van der Waals surface area contributed by atoms with E-state index in [0.29, 0.717) is 5.92 Å². The van der Waals surface area contributed by atoms with Gasteiger partial charge < -0.3 is 9.51 Å². The molecule has 1 aliphatic rings. The summed E-state index contributed by atoms with van der Waals surface area (Å²) < 4.78 is 5.36. The number of H-pyrrole nitrogens is 1. The van der Waals surface area contributed by atoms with E-state index in [1.165, 1.54) is 18.4 Å². The molecule has 0 bridgehead atoms. The van der Waals surface area contributed by atoms with Gasteiger partial charge in [0.2, 0.25) is 0 Å². The van der Waals surface area contributed by atoms with Gasteiger partial charge in [0.15, 0.2) is 5.76 Å². The summed E-state index contributed by atoms with van der Waals surface area (Å²) in [6.07, 6.45) is 2.37. The molecule has 0 spiro atoms. The summed E-state index contributed by atoms with van der Waals surface area (Å²) in [7, 11) is 0. The number of hydrogen-bond donors (Lipinski definition) is 1. The summed E-state index contributed by atoms with van der Waals surface area (Å²) in [5.74, 6) is 2.52. The highest BCUT2D eigenvalue weighted by Crippen LogP contribution is 2.28. The fraction of sp³-hybridized carbons (Fsp3) is 0.444. The minimum atomic E-state index is 0.458. The van der Waals surface area contributed by atoms with Crippen molar-refractivity contribution in [2.24, 2.45) is 0 Å². The van der Waals surface area contributed by atoms with E-state index in [2.05, 4.69) is 40.2 Å². The number of piperidine rings is 1. The maximum absolute atomic E-state index is 5.36. The number of aromatic amines is 1. The van der Waals surface area contributed by atoms with Crippen molar-refractivity contribution in [2.45, 2.75) is 39.2 Å². The fourth-order valence-corrected chi connectivity index (χ4v) is 3.52. The smallest absolute Gasteiger partial charge is 0.150 e. The normalized spacial score (nSPS) is 19.5. The Morgan fingerprint density at radius 1 is 1.35 bits per heavy atom. The molecule has 0 aliphatic carbocycles. The average Bonchev–Trinajstić information content (AvgIpc) is 3.15. The molecule has 3 heterocycles. The molecule has 1 unspecified atom stereocenters. The van der Waals surface area contributed by atoms with Gasteiger partial charge in [0.25, 0.3) is 0 Å². The second-order valence-corrected chi connectivity index (χ2v) is 6.60. The number of benzene rings is 1. The highest BCUT2D eigenvalue weighted by molar-refractivity contribution is 5.78. The summed E-state index contributed by atoms with van der Waals surface area (Å²) in [5.41, 5.74) is 4.42. The molecule has 3 aromatic rings.